The fourth-order valence-corrected chi connectivity index (χ4v) is 7.18. The average molecular weight is 584 g/mol. The predicted molar refractivity (Wildman–Crippen MR) is 149 cm³/mol. The van der Waals surface area contributed by atoms with E-state index in [4.69, 9.17) is 4.74 Å². The van der Waals surface area contributed by atoms with Gasteiger partial charge in [-0.25, -0.2) is 22.8 Å². The molecule has 0 aliphatic heterocycles. The van der Waals surface area contributed by atoms with Crippen molar-refractivity contribution in [3.63, 3.8) is 0 Å². The van der Waals surface area contributed by atoms with Crippen LogP contribution in [0.2, 0.25) is 0 Å². The lowest BCUT2D eigenvalue weighted by Gasteiger charge is -2.39. The molecule has 37 heavy (non-hydrogen) atoms. The van der Waals surface area contributed by atoms with Gasteiger partial charge in [0.15, 0.2) is 6.29 Å². The Hall–Kier alpha value is -2.09. The van der Waals surface area contributed by atoms with E-state index in [2.05, 4.69) is 10.0 Å². The Kier molecular flexibility index (Phi) is 10.4. The molecule has 3 aromatic heterocycles. The summed E-state index contributed by atoms with van der Waals surface area (Å²) in [4.78, 5) is 29.6. The number of rotatable bonds is 14. The van der Waals surface area contributed by atoms with Gasteiger partial charge < -0.3 is 10.1 Å². The van der Waals surface area contributed by atoms with E-state index in [1.54, 1.807) is 40.2 Å². The predicted octanol–water partition coefficient (Wildman–Crippen LogP) is 5.44. The summed E-state index contributed by atoms with van der Waals surface area (Å²) in [5.41, 5.74) is -2.08. The number of thiophene rings is 3. The van der Waals surface area contributed by atoms with Crippen LogP contribution in [-0.2, 0) is 32.6 Å². The van der Waals surface area contributed by atoms with Crippen molar-refractivity contribution >= 4 is 56.4 Å². The van der Waals surface area contributed by atoms with Gasteiger partial charge in [0.25, 0.3) is 0 Å². The summed E-state index contributed by atoms with van der Waals surface area (Å²) >= 11 is 4.29. The van der Waals surface area contributed by atoms with Gasteiger partial charge in [-0.15, -0.1) is 34.0 Å². The number of hydrogen-bond donors (Lipinski definition) is 2. The van der Waals surface area contributed by atoms with Crippen LogP contribution in [0, 0.1) is 0 Å². The zero-order valence-corrected chi connectivity index (χ0v) is 24.4. The molecule has 0 unspecified atom stereocenters. The number of ether oxygens (including phenoxy) is 1. The fourth-order valence-electron chi connectivity index (χ4n) is 3.63. The van der Waals surface area contributed by atoms with Gasteiger partial charge in [-0.05, 0) is 68.0 Å². The van der Waals surface area contributed by atoms with E-state index in [0.29, 0.717) is 32.2 Å². The van der Waals surface area contributed by atoms with Gasteiger partial charge in [0.05, 0.1) is 0 Å². The molecule has 0 aliphatic rings. The van der Waals surface area contributed by atoms with Crippen LogP contribution in [0.4, 0.5) is 4.79 Å². The summed E-state index contributed by atoms with van der Waals surface area (Å²) in [6.45, 7) is 6.56. The molecule has 0 fully saturated rings. The van der Waals surface area contributed by atoms with E-state index in [1.807, 2.05) is 60.7 Å². The Morgan fingerprint density at radius 1 is 0.973 bits per heavy atom. The summed E-state index contributed by atoms with van der Waals surface area (Å²) in [7, 11) is -3.57. The molecule has 0 aromatic carbocycles. The molecule has 3 aromatic rings. The van der Waals surface area contributed by atoms with Crippen molar-refractivity contribution in [1.29, 1.82) is 0 Å². The van der Waals surface area contributed by atoms with Crippen LogP contribution in [0.3, 0.4) is 0 Å². The third-order valence-electron chi connectivity index (χ3n) is 5.33. The fraction of sp³-hybridized carbons (Fsp3) is 0.440. The van der Waals surface area contributed by atoms with E-state index in [9.17, 15) is 18.0 Å². The standard InChI is InChI=1S/C25H33N3O5S4/c1-24(2,3)27-23(30)33-25(19-29,12-4-5-13-26-37(31,32)22-11-8-16-36-22)28(17-20-9-6-14-34-20)18-21-10-7-15-35-21/h6-11,14-16,19,26H,4-5,12-13,17-18H2,1-3H3,(H,27,30)/t25-/m0/s1. The molecule has 2 N–H and O–H groups in total. The largest absolute Gasteiger partial charge is 0.420 e. The minimum Gasteiger partial charge on any atom is -0.420 e. The second kappa shape index (κ2) is 13.1. The topological polar surface area (TPSA) is 105 Å². The van der Waals surface area contributed by atoms with Crippen LogP contribution in [0.15, 0.2) is 56.7 Å². The Morgan fingerprint density at radius 2 is 1.57 bits per heavy atom. The lowest BCUT2D eigenvalue weighted by molar-refractivity contribution is -0.154. The van der Waals surface area contributed by atoms with Crippen molar-refractivity contribution in [3.05, 3.63) is 62.3 Å². The first kappa shape index (κ1) is 29.5. The maximum atomic E-state index is 12.9. The maximum absolute atomic E-state index is 12.9. The van der Waals surface area contributed by atoms with Crippen LogP contribution in [0.25, 0.3) is 0 Å². The number of amides is 1. The molecular weight excluding hydrogens is 551 g/mol. The summed E-state index contributed by atoms with van der Waals surface area (Å²) < 4.78 is 33.6. The number of nitrogens with zero attached hydrogens (tertiary/aromatic N) is 1. The van der Waals surface area contributed by atoms with Gasteiger partial charge in [-0.2, -0.15) is 0 Å². The second-order valence-electron chi connectivity index (χ2n) is 9.53. The first-order valence-electron chi connectivity index (χ1n) is 11.8. The molecule has 202 valence electrons. The molecule has 12 heteroatoms. The number of alkyl carbamates (subject to hydrolysis) is 1. The monoisotopic (exact) mass is 583 g/mol. The number of aldehydes is 1. The first-order valence-corrected chi connectivity index (χ1v) is 16.0. The molecule has 0 spiro atoms. The van der Waals surface area contributed by atoms with Crippen LogP contribution < -0.4 is 10.0 Å². The highest BCUT2D eigenvalue weighted by molar-refractivity contribution is 7.91. The Labute approximate surface area is 230 Å². The quantitative estimate of drug-likeness (QED) is 0.149. The van der Waals surface area contributed by atoms with Gasteiger partial charge in [0.2, 0.25) is 15.7 Å². The van der Waals surface area contributed by atoms with E-state index < -0.39 is 27.4 Å². The van der Waals surface area contributed by atoms with Crippen LogP contribution in [0.5, 0.6) is 0 Å². The summed E-state index contributed by atoms with van der Waals surface area (Å²) in [5, 5.41) is 8.43. The van der Waals surface area contributed by atoms with Gasteiger partial charge in [0.1, 0.15) is 4.21 Å². The number of hydrogen-bond acceptors (Lipinski definition) is 9. The summed E-state index contributed by atoms with van der Waals surface area (Å²) in [5.74, 6) is 0. The SMILES string of the molecule is CC(C)(C)NC(=O)O[C@](C=O)(CCCCNS(=O)(=O)c1cccs1)N(Cc1cccs1)Cc1cccs1. The number of unbranched alkanes of at least 4 members (excludes halogenated alkanes) is 1. The van der Waals surface area contributed by atoms with Gasteiger partial charge in [0, 0.05) is 41.3 Å². The van der Waals surface area contributed by atoms with Crippen LogP contribution in [-0.4, -0.2) is 43.5 Å². The number of nitrogens with one attached hydrogen (secondary N) is 2. The lowest BCUT2D eigenvalue weighted by atomic mass is 10.0. The molecule has 0 saturated carbocycles. The molecule has 0 radical (unpaired) electrons. The van der Waals surface area contributed by atoms with E-state index in [1.165, 1.54) is 0 Å². The van der Waals surface area contributed by atoms with Gasteiger partial charge in [-0.1, -0.05) is 18.2 Å². The van der Waals surface area contributed by atoms with Crippen molar-refractivity contribution in [1.82, 2.24) is 14.9 Å². The highest BCUT2D eigenvalue weighted by atomic mass is 32.2. The summed E-state index contributed by atoms with van der Waals surface area (Å²) in [6.07, 6.45) is 1.16. The average Bonchev–Trinajstić information content (AvgIpc) is 3.60. The molecule has 0 aliphatic carbocycles. The number of sulfonamides is 1. The van der Waals surface area contributed by atoms with Crippen molar-refractivity contribution in [2.75, 3.05) is 6.54 Å². The molecule has 8 nitrogen and oxygen atoms in total. The second-order valence-corrected chi connectivity index (χ2v) is 14.5. The molecule has 0 saturated heterocycles. The van der Waals surface area contributed by atoms with Crippen molar-refractivity contribution < 1.29 is 22.7 Å². The molecular formula is C25H33N3O5S4. The maximum Gasteiger partial charge on any atom is 0.409 e. The molecule has 3 heterocycles. The Balaban J connectivity index is 1.78. The Morgan fingerprint density at radius 3 is 2.05 bits per heavy atom. The lowest BCUT2D eigenvalue weighted by Crippen LogP contribution is -2.55. The first-order chi connectivity index (χ1) is 17.5. The molecule has 1 amide bonds. The molecule has 0 bridgehead atoms. The van der Waals surface area contributed by atoms with E-state index in [0.717, 1.165) is 21.1 Å². The minimum absolute atomic E-state index is 0.208. The Bertz CT molecular complexity index is 1170. The van der Waals surface area contributed by atoms with Crippen LogP contribution in [0.1, 0.15) is 49.8 Å². The van der Waals surface area contributed by atoms with Crippen LogP contribution >= 0.6 is 34.0 Å². The smallest absolute Gasteiger partial charge is 0.409 e. The van der Waals surface area contributed by atoms with Gasteiger partial charge >= 0.3 is 6.09 Å². The molecule has 1 atom stereocenters. The normalized spacial score (nSPS) is 13.8. The van der Waals surface area contributed by atoms with Crippen molar-refractivity contribution in [2.45, 2.75) is 68.6 Å². The van der Waals surface area contributed by atoms with Crippen molar-refractivity contribution in [3.8, 4) is 0 Å². The minimum atomic E-state index is -3.57. The number of carbonyl (C=O) groups excluding carboxylic acids is 2. The highest BCUT2D eigenvalue weighted by Crippen LogP contribution is 2.30. The third-order valence-corrected chi connectivity index (χ3v) is 9.91. The van der Waals surface area contributed by atoms with Gasteiger partial charge in [-0.3, -0.25) is 4.79 Å². The van der Waals surface area contributed by atoms with Crippen molar-refractivity contribution in [2.24, 2.45) is 0 Å². The van der Waals surface area contributed by atoms with E-state index in [-0.39, 0.29) is 17.2 Å². The zero-order valence-electron chi connectivity index (χ0n) is 21.1. The van der Waals surface area contributed by atoms with E-state index >= 15 is 0 Å². The third kappa shape index (κ3) is 9.01. The number of carbonyl (C=O) groups is 2. The highest BCUT2D eigenvalue weighted by Gasteiger charge is 2.41. The zero-order chi connectivity index (χ0) is 26.9. The summed E-state index contributed by atoms with van der Waals surface area (Å²) in [6, 6.07) is 11.1. The molecule has 3 rings (SSSR count).